The standard InChI is InChI=1S/C20H25N3O2/c1-3-15-8-10-17(22-13-15)19(16-9-7-14(2)12-21-16)23-11-5-4-6-18(23)20(24)25/h7-10,12-13,18-19H,3-6,11H2,1-2H3,(H,24,25). The van der Waals surface area contributed by atoms with Crippen molar-refractivity contribution in [2.24, 2.45) is 0 Å². The quantitative estimate of drug-likeness (QED) is 0.904. The fourth-order valence-electron chi connectivity index (χ4n) is 3.47. The zero-order chi connectivity index (χ0) is 17.8. The molecule has 0 saturated carbocycles. The summed E-state index contributed by atoms with van der Waals surface area (Å²) in [5, 5.41) is 9.70. The summed E-state index contributed by atoms with van der Waals surface area (Å²) < 4.78 is 0. The first kappa shape index (κ1) is 17.5. The highest BCUT2D eigenvalue weighted by atomic mass is 16.4. The van der Waals surface area contributed by atoms with Crippen molar-refractivity contribution in [2.75, 3.05) is 6.54 Å². The van der Waals surface area contributed by atoms with Crippen LogP contribution in [0.2, 0.25) is 0 Å². The number of carboxylic acids is 1. The molecule has 0 aromatic carbocycles. The second-order valence-corrected chi connectivity index (χ2v) is 6.70. The third-order valence-corrected chi connectivity index (χ3v) is 4.91. The van der Waals surface area contributed by atoms with Gasteiger partial charge in [-0.15, -0.1) is 0 Å². The Kier molecular flexibility index (Phi) is 5.43. The zero-order valence-corrected chi connectivity index (χ0v) is 14.9. The minimum Gasteiger partial charge on any atom is -0.480 e. The molecule has 132 valence electrons. The van der Waals surface area contributed by atoms with E-state index in [1.165, 1.54) is 5.56 Å². The molecular weight excluding hydrogens is 314 g/mol. The maximum Gasteiger partial charge on any atom is 0.320 e. The number of aliphatic carboxylic acids is 1. The highest BCUT2D eigenvalue weighted by molar-refractivity contribution is 5.73. The van der Waals surface area contributed by atoms with E-state index in [1.807, 2.05) is 37.5 Å². The van der Waals surface area contributed by atoms with Gasteiger partial charge in [0.25, 0.3) is 0 Å². The van der Waals surface area contributed by atoms with Gasteiger partial charge in [0.2, 0.25) is 0 Å². The lowest BCUT2D eigenvalue weighted by Gasteiger charge is -2.38. The summed E-state index contributed by atoms with van der Waals surface area (Å²) in [6.07, 6.45) is 7.27. The molecule has 3 heterocycles. The van der Waals surface area contributed by atoms with Crippen LogP contribution in [0.15, 0.2) is 36.7 Å². The van der Waals surface area contributed by atoms with Crippen LogP contribution < -0.4 is 0 Å². The van der Waals surface area contributed by atoms with Crippen molar-refractivity contribution in [1.29, 1.82) is 0 Å². The van der Waals surface area contributed by atoms with Gasteiger partial charge in [-0.1, -0.05) is 25.5 Å². The summed E-state index contributed by atoms with van der Waals surface area (Å²) in [7, 11) is 0. The van der Waals surface area contributed by atoms with E-state index in [0.29, 0.717) is 6.42 Å². The van der Waals surface area contributed by atoms with Crippen LogP contribution in [0.25, 0.3) is 0 Å². The maximum atomic E-state index is 11.8. The van der Waals surface area contributed by atoms with Gasteiger partial charge in [0.15, 0.2) is 0 Å². The average Bonchev–Trinajstić information content (AvgIpc) is 2.64. The van der Waals surface area contributed by atoms with Crippen molar-refractivity contribution < 1.29 is 9.90 Å². The van der Waals surface area contributed by atoms with Gasteiger partial charge in [-0.05, 0) is 49.4 Å². The highest BCUT2D eigenvalue weighted by Crippen LogP contribution is 2.32. The van der Waals surface area contributed by atoms with Gasteiger partial charge >= 0.3 is 5.97 Å². The lowest BCUT2D eigenvalue weighted by atomic mass is 9.96. The van der Waals surface area contributed by atoms with Crippen LogP contribution in [0.3, 0.4) is 0 Å². The predicted octanol–water partition coefficient (Wildman–Crippen LogP) is 3.38. The molecule has 1 aliphatic rings. The van der Waals surface area contributed by atoms with Crippen LogP contribution in [0, 0.1) is 6.92 Å². The lowest BCUT2D eigenvalue weighted by molar-refractivity contribution is -0.145. The molecule has 0 aliphatic carbocycles. The van der Waals surface area contributed by atoms with Crippen LogP contribution in [0.1, 0.15) is 54.7 Å². The lowest BCUT2D eigenvalue weighted by Crippen LogP contribution is -2.47. The van der Waals surface area contributed by atoms with E-state index in [-0.39, 0.29) is 6.04 Å². The van der Waals surface area contributed by atoms with E-state index in [1.54, 1.807) is 0 Å². The Balaban J connectivity index is 2.03. The van der Waals surface area contributed by atoms with Crippen molar-refractivity contribution in [1.82, 2.24) is 14.9 Å². The Labute approximate surface area is 148 Å². The Bertz CT molecular complexity index is 713. The molecule has 2 aromatic rings. The van der Waals surface area contributed by atoms with Gasteiger partial charge < -0.3 is 5.11 Å². The average molecular weight is 339 g/mol. The first-order valence-corrected chi connectivity index (χ1v) is 8.96. The normalized spacial score (nSPS) is 19.5. The fourth-order valence-corrected chi connectivity index (χ4v) is 3.47. The van der Waals surface area contributed by atoms with Gasteiger partial charge in [-0.25, -0.2) is 0 Å². The van der Waals surface area contributed by atoms with Crippen LogP contribution in [0.5, 0.6) is 0 Å². The molecule has 2 atom stereocenters. The molecule has 1 saturated heterocycles. The molecule has 3 rings (SSSR count). The maximum absolute atomic E-state index is 11.8. The van der Waals surface area contributed by atoms with E-state index in [4.69, 9.17) is 0 Å². The monoisotopic (exact) mass is 339 g/mol. The predicted molar refractivity (Wildman–Crippen MR) is 96.4 cm³/mol. The van der Waals surface area contributed by atoms with E-state index >= 15 is 0 Å². The molecule has 0 spiro atoms. The molecule has 1 fully saturated rings. The smallest absolute Gasteiger partial charge is 0.320 e. The number of hydrogen-bond acceptors (Lipinski definition) is 4. The fraction of sp³-hybridized carbons (Fsp3) is 0.450. The van der Waals surface area contributed by atoms with Crippen molar-refractivity contribution in [2.45, 2.75) is 51.6 Å². The van der Waals surface area contributed by atoms with Crippen molar-refractivity contribution in [3.05, 3.63) is 59.2 Å². The number of carboxylic acid groups (broad SMARTS) is 1. The summed E-state index contributed by atoms with van der Waals surface area (Å²) in [6.45, 7) is 4.84. The van der Waals surface area contributed by atoms with E-state index in [9.17, 15) is 9.90 Å². The summed E-state index contributed by atoms with van der Waals surface area (Å²) in [5.41, 5.74) is 3.98. The summed E-state index contributed by atoms with van der Waals surface area (Å²) in [5.74, 6) is -0.762. The van der Waals surface area contributed by atoms with Crippen molar-refractivity contribution in [3.63, 3.8) is 0 Å². The SMILES string of the molecule is CCc1ccc(C(c2ccc(C)cn2)N2CCCCC2C(=O)O)nc1. The first-order chi connectivity index (χ1) is 12.1. The number of aromatic nitrogens is 2. The number of hydrogen-bond donors (Lipinski definition) is 1. The summed E-state index contributed by atoms with van der Waals surface area (Å²) in [6, 6.07) is 7.38. The molecular formula is C20H25N3O2. The van der Waals surface area contributed by atoms with E-state index in [0.717, 1.165) is 42.8 Å². The van der Waals surface area contributed by atoms with Gasteiger partial charge in [-0.3, -0.25) is 19.7 Å². The second-order valence-electron chi connectivity index (χ2n) is 6.70. The van der Waals surface area contributed by atoms with Gasteiger partial charge in [0.1, 0.15) is 6.04 Å². The van der Waals surface area contributed by atoms with Crippen LogP contribution in [-0.4, -0.2) is 38.5 Å². The van der Waals surface area contributed by atoms with Crippen LogP contribution in [-0.2, 0) is 11.2 Å². The molecule has 2 unspecified atom stereocenters. The number of aryl methyl sites for hydroxylation is 2. The van der Waals surface area contributed by atoms with Crippen LogP contribution >= 0.6 is 0 Å². The van der Waals surface area contributed by atoms with Crippen molar-refractivity contribution in [3.8, 4) is 0 Å². The summed E-state index contributed by atoms with van der Waals surface area (Å²) >= 11 is 0. The molecule has 5 heteroatoms. The molecule has 1 N–H and O–H groups in total. The minimum absolute atomic E-state index is 0.229. The number of piperidine rings is 1. The topological polar surface area (TPSA) is 66.3 Å². The molecule has 0 bridgehead atoms. The highest BCUT2D eigenvalue weighted by Gasteiger charge is 2.36. The number of rotatable bonds is 5. The Morgan fingerprint density at radius 3 is 2.48 bits per heavy atom. The van der Waals surface area contributed by atoms with Crippen LogP contribution in [0.4, 0.5) is 0 Å². The number of carbonyl (C=O) groups is 1. The van der Waals surface area contributed by atoms with Gasteiger partial charge in [-0.2, -0.15) is 0 Å². The largest absolute Gasteiger partial charge is 0.480 e. The number of nitrogens with zero attached hydrogens (tertiary/aromatic N) is 3. The van der Waals surface area contributed by atoms with Gasteiger partial charge in [0.05, 0.1) is 17.4 Å². The van der Waals surface area contributed by atoms with Crippen molar-refractivity contribution >= 4 is 5.97 Å². The summed E-state index contributed by atoms with van der Waals surface area (Å²) in [4.78, 5) is 23.1. The molecule has 2 aromatic heterocycles. The number of pyridine rings is 2. The zero-order valence-electron chi connectivity index (χ0n) is 14.9. The molecule has 0 amide bonds. The molecule has 0 radical (unpaired) electrons. The van der Waals surface area contributed by atoms with Gasteiger partial charge in [0, 0.05) is 18.9 Å². The van der Waals surface area contributed by atoms with E-state index in [2.05, 4.69) is 27.9 Å². The Morgan fingerprint density at radius 1 is 1.20 bits per heavy atom. The Hall–Kier alpha value is -2.27. The second kappa shape index (κ2) is 7.74. The third kappa shape index (κ3) is 3.87. The third-order valence-electron chi connectivity index (χ3n) is 4.91. The molecule has 25 heavy (non-hydrogen) atoms. The molecule has 1 aliphatic heterocycles. The minimum atomic E-state index is -0.762. The number of likely N-dealkylation sites (tertiary alicyclic amines) is 1. The Morgan fingerprint density at radius 2 is 1.92 bits per heavy atom. The van der Waals surface area contributed by atoms with E-state index < -0.39 is 12.0 Å². The molecule has 5 nitrogen and oxygen atoms in total. The first-order valence-electron chi connectivity index (χ1n) is 8.96.